The van der Waals surface area contributed by atoms with Gasteiger partial charge in [0.15, 0.2) is 0 Å². The average Bonchev–Trinajstić information content (AvgIpc) is 3.18. The second kappa shape index (κ2) is 13.0. The number of ether oxygens (including phenoxy) is 1. The number of aromatic amines is 1. The Morgan fingerprint density at radius 2 is 1.85 bits per heavy atom. The summed E-state index contributed by atoms with van der Waals surface area (Å²) in [6.07, 6.45) is 1.53. The van der Waals surface area contributed by atoms with Crippen molar-refractivity contribution < 1.29 is 24.5 Å². The lowest BCUT2D eigenvalue weighted by atomic mass is 10.1. The zero-order valence-electron chi connectivity index (χ0n) is 19.9. The van der Waals surface area contributed by atoms with Gasteiger partial charge in [-0.3, -0.25) is 4.79 Å². The van der Waals surface area contributed by atoms with Gasteiger partial charge < -0.3 is 42.0 Å². The molecule has 2 atom stereocenters. The molecule has 0 spiro atoms. The summed E-state index contributed by atoms with van der Waals surface area (Å²) in [6, 6.07) is 4.65. The Balaban J connectivity index is 0.000000513. The van der Waals surface area contributed by atoms with Crippen LogP contribution in [0, 0.1) is 0 Å². The van der Waals surface area contributed by atoms with Gasteiger partial charge in [0.1, 0.15) is 23.1 Å². The summed E-state index contributed by atoms with van der Waals surface area (Å²) in [6.45, 7) is 6.59. The number of amides is 1. The molecule has 0 saturated carbocycles. The first-order valence-corrected chi connectivity index (χ1v) is 10.9. The van der Waals surface area contributed by atoms with Crippen LogP contribution in [0.5, 0.6) is 5.75 Å². The van der Waals surface area contributed by atoms with Crippen LogP contribution in [0.15, 0.2) is 18.2 Å². The van der Waals surface area contributed by atoms with E-state index in [9.17, 15) is 14.7 Å². The maximum Gasteiger partial charge on any atom is 0.407 e. The van der Waals surface area contributed by atoms with E-state index in [4.69, 9.17) is 27.0 Å². The Morgan fingerprint density at radius 3 is 2.36 bits per heavy atom. The van der Waals surface area contributed by atoms with Crippen LogP contribution in [0.1, 0.15) is 58.3 Å². The van der Waals surface area contributed by atoms with E-state index < -0.39 is 23.6 Å². The highest BCUT2D eigenvalue weighted by atomic mass is 16.5. The van der Waals surface area contributed by atoms with Crippen molar-refractivity contribution in [3.05, 3.63) is 24.0 Å². The van der Waals surface area contributed by atoms with Crippen LogP contribution in [0.4, 0.5) is 4.79 Å². The number of hydrogen-bond donors (Lipinski definition) is 6. The van der Waals surface area contributed by atoms with Crippen LogP contribution in [0.3, 0.4) is 0 Å². The molecule has 0 fully saturated rings. The Hall–Kier alpha value is -2.89. The van der Waals surface area contributed by atoms with Crippen molar-refractivity contribution in [3.63, 3.8) is 0 Å². The number of para-hydroxylation sites is 1. The lowest BCUT2D eigenvalue weighted by molar-refractivity contribution is -0.138. The molecule has 0 aliphatic carbocycles. The number of benzene rings is 1. The molecule has 186 valence electrons. The molecular formula is C22H38N6O5. The van der Waals surface area contributed by atoms with Gasteiger partial charge in [0.05, 0.1) is 18.7 Å². The Bertz CT molecular complexity index is 895. The molecule has 0 bridgehead atoms. The van der Waals surface area contributed by atoms with E-state index in [1.54, 1.807) is 7.11 Å². The Kier molecular flexibility index (Phi) is 11.1. The number of nitrogens with one attached hydrogen (secondary N) is 1. The van der Waals surface area contributed by atoms with Gasteiger partial charge in [-0.05, 0) is 65.1 Å². The van der Waals surface area contributed by atoms with E-state index in [0.717, 1.165) is 11.0 Å². The number of carboxylic acid groups (broad SMARTS) is 2. The molecule has 11 nitrogen and oxygen atoms in total. The zero-order chi connectivity index (χ0) is 25.2. The van der Waals surface area contributed by atoms with Gasteiger partial charge in [-0.15, -0.1) is 0 Å². The summed E-state index contributed by atoms with van der Waals surface area (Å²) in [5, 5.41) is 17.5. The maximum atomic E-state index is 11.3. The van der Waals surface area contributed by atoms with Crippen molar-refractivity contribution in [3.8, 4) is 5.75 Å². The smallest absolute Gasteiger partial charge is 0.407 e. The highest BCUT2D eigenvalue weighted by molar-refractivity contribution is 5.81. The van der Waals surface area contributed by atoms with Crippen LogP contribution in [-0.2, 0) is 4.79 Å². The first kappa shape index (κ1) is 28.1. The van der Waals surface area contributed by atoms with Crippen LogP contribution < -0.4 is 21.9 Å². The third kappa shape index (κ3) is 8.87. The van der Waals surface area contributed by atoms with E-state index in [1.165, 1.54) is 4.90 Å². The minimum absolute atomic E-state index is 0.280. The van der Waals surface area contributed by atoms with Gasteiger partial charge >= 0.3 is 12.1 Å². The number of carbonyl (C=O) groups is 2. The fourth-order valence-corrected chi connectivity index (χ4v) is 3.15. The first-order chi connectivity index (χ1) is 15.4. The molecule has 2 aromatic rings. The normalized spacial score (nSPS) is 13.1. The molecule has 2 unspecified atom stereocenters. The number of imidazole rings is 1. The minimum Gasteiger partial charge on any atom is -0.494 e. The van der Waals surface area contributed by atoms with Crippen molar-refractivity contribution in [1.82, 2.24) is 14.9 Å². The topological polar surface area (TPSA) is 194 Å². The van der Waals surface area contributed by atoms with Gasteiger partial charge in [-0.2, -0.15) is 0 Å². The summed E-state index contributed by atoms with van der Waals surface area (Å²) in [7, 11) is 1.61. The molecule has 1 heterocycles. The molecule has 1 amide bonds. The van der Waals surface area contributed by atoms with Crippen LogP contribution in [0.2, 0.25) is 0 Å². The van der Waals surface area contributed by atoms with Crippen molar-refractivity contribution >= 4 is 23.1 Å². The fourth-order valence-electron chi connectivity index (χ4n) is 3.15. The van der Waals surface area contributed by atoms with Crippen molar-refractivity contribution in [2.24, 2.45) is 17.2 Å². The molecule has 0 aliphatic rings. The number of aromatic nitrogens is 2. The fraction of sp³-hybridized carbons (Fsp3) is 0.591. The molecule has 0 radical (unpaired) electrons. The summed E-state index contributed by atoms with van der Waals surface area (Å²) in [5.74, 6) is 0.433. The van der Waals surface area contributed by atoms with E-state index in [0.29, 0.717) is 50.3 Å². The van der Waals surface area contributed by atoms with Crippen LogP contribution in [0.25, 0.3) is 11.0 Å². The number of H-pyrrole nitrogens is 1. The number of fused-ring (bicyclic) bond motifs is 1. The highest BCUT2D eigenvalue weighted by Gasteiger charge is 2.25. The molecule has 2 rings (SSSR count). The van der Waals surface area contributed by atoms with Crippen molar-refractivity contribution in [2.45, 2.75) is 64.1 Å². The van der Waals surface area contributed by atoms with Crippen molar-refractivity contribution in [2.75, 3.05) is 20.2 Å². The number of nitrogens with zero attached hydrogens (tertiary/aromatic N) is 2. The second-order valence-corrected chi connectivity index (χ2v) is 8.71. The molecule has 11 heteroatoms. The quantitative estimate of drug-likeness (QED) is 0.304. The molecule has 1 aromatic heterocycles. The largest absolute Gasteiger partial charge is 0.494 e. The number of hydrogen-bond acceptors (Lipinski definition) is 7. The van der Waals surface area contributed by atoms with E-state index >= 15 is 0 Å². The van der Waals surface area contributed by atoms with Gasteiger partial charge in [0.25, 0.3) is 0 Å². The maximum absolute atomic E-state index is 11.3. The van der Waals surface area contributed by atoms with Crippen molar-refractivity contribution in [1.29, 1.82) is 0 Å². The number of rotatable bonds is 10. The summed E-state index contributed by atoms with van der Waals surface area (Å²) >= 11 is 0. The minimum atomic E-state index is -0.955. The molecular weight excluding hydrogens is 428 g/mol. The monoisotopic (exact) mass is 466 g/mol. The summed E-state index contributed by atoms with van der Waals surface area (Å²) in [5.41, 5.74) is 17.7. The van der Waals surface area contributed by atoms with E-state index in [1.807, 2.05) is 39.0 Å². The predicted molar refractivity (Wildman–Crippen MR) is 127 cm³/mol. The standard InChI is InChI=1S/C17H26N4O3.C5H12N2O2/c1-17(2,3)21(16(22)23)10-6-7-11(18)15-19-12-8-5-9-13(24-4)14(12)20-15;6-3-1-2-4(7)5(8)9/h5,8-9,11H,6-7,10,18H2,1-4H3,(H,19,20)(H,22,23);4H,1-3,6-7H2,(H,8,9). The summed E-state index contributed by atoms with van der Waals surface area (Å²) < 4.78 is 5.30. The van der Waals surface area contributed by atoms with Gasteiger partial charge in [-0.25, -0.2) is 9.78 Å². The van der Waals surface area contributed by atoms with Gasteiger partial charge in [0, 0.05) is 12.1 Å². The molecule has 0 saturated heterocycles. The average molecular weight is 467 g/mol. The summed E-state index contributed by atoms with van der Waals surface area (Å²) in [4.78, 5) is 30.6. The first-order valence-electron chi connectivity index (χ1n) is 10.9. The highest BCUT2D eigenvalue weighted by Crippen LogP contribution is 2.25. The van der Waals surface area contributed by atoms with E-state index in [-0.39, 0.29) is 6.04 Å². The number of carboxylic acids is 1. The van der Waals surface area contributed by atoms with Gasteiger partial charge in [-0.1, -0.05) is 6.07 Å². The lowest BCUT2D eigenvalue weighted by Crippen LogP contribution is -2.45. The third-order valence-corrected chi connectivity index (χ3v) is 5.04. The third-order valence-electron chi connectivity index (χ3n) is 5.04. The Labute approximate surface area is 194 Å². The SMILES string of the molecule is COc1cccc2[nH]c(C(N)CCCN(C(=O)O)C(C)(C)C)nc12.NCCCC(N)C(=O)O. The predicted octanol–water partition coefficient (Wildman–Crippen LogP) is 2.27. The van der Waals surface area contributed by atoms with E-state index in [2.05, 4.69) is 9.97 Å². The molecule has 0 aliphatic heterocycles. The zero-order valence-corrected chi connectivity index (χ0v) is 19.9. The Morgan fingerprint density at radius 1 is 1.18 bits per heavy atom. The van der Waals surface area contributed by atoms with Crippen LogP contribution >= 0.6 is 0 Å². The lowest BCUT2D eigenvalue weighted by Gasteiger charge is -2.33. The van der Waals surface area contributed by atoms with Gasteiger partial charge in [0.2, 0.25) is 0 Å². The van der Waals surface area contributed by atoms with Crippen LogP contribution in [-0.4, -0.2) is 68.9 Å². The number of aliphatic carboxylic acids is 1. The number of methoxy groups -OCH3 is 1. The number of nitrogens with two attached hydrogens (primary N) is 3. The second-order valence-electron chi connectivity index (χ2n) is 8.71. The molecule has 33 heavy (non-hydrogen) atoms. The molecule has 9 N–H and O–H groups in total. The molecule has 1 aromatic carbocycles.